The van der Waals surface area contributed by atoms with Crippen molar-refractivity contribution in [3.8, 4) is 5.75 Å². The predicted molar refractivity (Wildman–Crippen MR) is 72.7 cm³/mol. The summed E-state index contributed by atoms with van der Waals surface area (Å²) in [6.45, 7) is 5.89. The van der Waals surface area contributed by atoms with E-state index < -0.39 is 0 Å². The molecule has 1 fully saturated rings. The molecule has 3 heteroatoms. The van der Waals surface area contributed by atoms with E-state index in [1.54, 1.807) is 0 Å². The minimum absolute atomic E-state index is 0.0391. The molecule has 2 rings (SSSR count). The summed E-state index contributed by atoms with van der Waals surface area (Å²) in [6.07, 6.45) is 2.28. The van der Waals surface area contributed by atoms with Crippen LogP contribution in [-0.4, -0.2) is 19.3 Å². The van der Waals surface area contributed by atoms with E-state index in [1.807, 2.05) is 24.3 Å². The highest BCUT2D eigenvalue weighted by atomic mass is 16.5. The molecule has 0 saturated carbocycles. The summed E-state index contributed by atoms with van der Waals surface area (Å²) in [4.78, 5) is 0. The minimum Gasteiger partial charge on any atom is -0.494 e. The zero-order chi connectivity index (χ0) is 13.0. The Hall–Kier alpha value is -1.06. The van der Waals surface area contributed by atoms with Crippen molar-refractivity contribution in [2.75, 3.05) is 13.2 Å². The van der Waals surface area contributed by atoms with Gasteiger partial charge < -0.3 is 15.2 Å². The molecule has 0 spiro atoms. The van der Waals surface area contributed by atoms with Gasteiger partial charge in [0.1, 0.15) is 5.75 Å². The van der Waals surface area contributed by atoms with Crippen molar-refractivity contribution in [2.45, 2.75) is 38.8 Å². The normalized spacial score (nSPS) is 25.1. The van der Waals surface area contributed by atoms with Gasteiger partial charge in [-0.3, -0.25) is 0 Å². The van der Waals surface area contributed by atoms with Gasteiger partial charge in [0.2, 0.25) is 0 Å². The van der Waals surface area contributed by atoms with E-state index in [-0.39, 0.29) is 12.1 Å². The molecular weight excluding hydrogens is 226 g/mol. The van der Waals surface area contributed by atoms with Gasteiger partial charge in [-0.25, -0.2) is 0 Å². The summed E-state index contributed by atoms with van der Waals surface area (Å²) in [5.74, 6) is 1.45. The molecular formula is C15H23NO2. The van der Waals surface area contributed by atoms with Crippen LogP contribution in [0.25, 0.3) is 0 Å². The van der Waals surface area contributed by atoms with Crippen molar-refractivity contribution in [1.29, 1.82) is 0 Å². The van der Waals surface area contributed by atoms with Crippen LogP contribution in [-0.2, 0) is 4.74 Å². The lowest BCUT2D eigenvalue weighted by Gasteiger charge is -2.22. The number of nitrogens with two attached hydrogens (primary N) is 1. The average molecular weight is 249 g/mol. The average Bonchev–Trinajstić information content (AvgIpc) is 2.82. The maximum absolute atomic E-state index is 6.28. The standard InChI is InChI=1S/C15H23NO2/c1-3-9-17-13-6-4-12(5-7-13)14(16)15-11(2)8-10-18-15/h4-7,11,14-15H,3,8-10,16H2,1-2H3. The molecule has 1 aliphatic rings. The molecule has 3 nitrogen and oxygen atoms in total. The van der Waals surface area contributed by atoms with E-state index in [9.17, 15) is 0 Å². The fourth-order valence-electron chi connectivity index (χ4n) is 2.37. The molecule has 1 aliphatic heterocycles. The quantitative estimate of drug-likeness (QED) is 0.872. The van der Waals surface area contributed by atoms with E-state index in [0.29, 0.717) is 5.92 Å². The second-order valence-corrected chi connectivity index (χ2v) is 5.04. The molecule has 0 aliphatic carbocycles. The Morgan fingerprint density at radius 2 is 2.11 bits per heavy atom. The van der Waals surface area contributed by atoms with Gasteiger partial charge in [-0.2, -0.15) is 0 Å². The van der Waals surface area contributed by atoms with Crippen LogP contribution in [0.3, 0.4) is 0 Å². The van der Waals surface area contributed by atoms with Crippen LogP contribution in [0, 0.1) is 5.92 Å². The van der Waals surface area contributed by atoms with Gasteiger partial charge in [0.05, 0.1) is 18.8 Å². The molecule has 1 saturated heterocycles. The smallest absolute Gasteiger partial charge is 0.119 e. The summed E-state index contributed by atoms with van der Waals surface area (Å²) in [7, 11) is 0. The van der Waals surface area contributed by atoms with E-state index in [2.05, 4.69) is 13.8 Å². The Labute approximate surface area is 109 Å². The van der Waals surface area contributed by atoms with Crippen molar-refractivity contribution < 1.29 is 9.47 Å². The first-order chi connectivity index (χ1) is 8.72. The molecule has 1 aromatic rings. The zero-order valence-corrected chi connectivity index (χ0v) is 11.3. The van der Waals surface area contributed by atoms with E-state index in [1.165, 1.54) is 0 Å². The third-order valence-corrected chi connectivity index (χ3v) is 3.54. The summed E-state index contributed by atoms with van der Waals surface area (Å²) in [6, 6.07) is 8.03. The van der Waals surface area contributed by atoms with E-state index in [4.69, 9.17) is 15.2 Å². The first-order valence-corrected chi connectivity index (χ1v) is 6.82. The Morgan fingerprint density at radius 3 is 2.67 bits per heavy atom. The molecule has 3 atom stereocenters. The monoisotopic (exact) mass is 249 g/mol. The largest absolute Gasteiger partial charge is 0.494 e. The molecule has 100 valence electrons. The molecule has 3 unspecified atom stereocenters. The van der Waals surface area contributed by atoms with Crippen LogP contribution in [0.4, 0.5) is 0 Å². The van der Waals surface area contributed by atoms with Gasteiger partial charge in [-0.15, -0.1) is 0 Å². The van der Waals surface area contributed by atoms with E-state index in [0.717, 1.165) is 37.4 Å². The number of hydrogen-bond acceptors (Lipinski definition) is 3. The summed E-state index contributed by atoms with van der Waals surface area (Å²) in [5.41, 5.74) is 7.40. The Bertz CT molecular complexity index is 363. The highest BCUT2D eigenvalue weighted by Gasteiger charge is 2.30. The second kappa shape index (κ2) is 6.21. The third-order valence-electron chi connectivity index (χ3n) is 3.54. The predicted octanol–water partition coefficient (Wildman–Crippen LogP) is 2.90. The first kappa shape index (κ1) is 13.4. The number of hydrogen-bond donors (Lipinski definition) is 1. The SMILES string of the molecule is CCCOc1ccc(C(N)C2OCCC2C)cc1. The lowest BCUT2D eigenvalue weighted by atomic mass is 9.93. The summed E-state index contributed by atoms with van der Waals surface area (Å²) in [5, 5.41) is 0. The van der Waals surface area contributed by atoms with Gasteiger partial charge in [0.15, 0.2) is 0 Å². The highest BCUT2D eigenvalue weighted by Crippen LogP contribution is 2.30. The summed E-state index contributed by atoms with van der Waals surface area (Å²) < 4.78 is 11.3. The van der Waals surface area contributed by atoms with Gasteiger partial charge >= 0.3 is 0 Å². The molecule has 2 N–H and O–H groups in total. The number of benzene rings is 1. The van der Waals surface area contributed by atoms with Crippen LogP contribution in [0.1, 0.15) is 38.3 Å². The van der Waals surface area contributed by atoms with Crippen LogP contribution >= 0.6 is 0 Å². The maximum Gasteiger partial charge on any atom is 0.119 e. The van der Waals surface area contributed by atoms with Gasteiger partial charge in [-0.1, -0.05) is 26.0 Å². The first-order valence-electron chi connectivity index (χ1n) is 6.82. The molecule has 0 amide bonds. The van der Waals surface area contributed by atoms with Crippen LogP contribution in [0.15, 0.2) is 24.3 Å². The molecule has 0 aromatic heterocycles. The molecule has 1 aromatic carbocycles. The number of ether oxygens (including phenoxy) is 2. The van der Waals surface area contributed by atoms with Gasteiger partial charge in [0, 0.05) is 6.61 Å². The topological polar surface area (TPSA) is 44.5 Å². The fourth-order valence-corrected chi connectivity index (χ4v) is 2.37. The Kier molecular flexibility index (Phi) is 4.61. The van der Waals surface area contributed by atoms with Crippen LogP contribution in [0.2, 0.25) is 0 Å². The molecule has 18 heavy (non-hydrogen) atoms. The van der Waals surface area contributed by atoms with Crippen molar-refractivity contribution in [3.63, 3.8) is 0 Å². The lowest BCUT2D eigenvalue weighted by molar-refractivity contribution is 0.0725. The lowest BCUT2D eigenvalue weighted by Crippen LogP contribution is -2.29. The van der Waals surface area contributed by atoms with Crippen LogP contribution in [0.5, 0.6) is 5.75 Å². The minimum atomic E-state index is -0.0391. The third kappa shape index (κ3) is 3.03. The Morgan fingerprint density at radius 1 is 1.39 bits per heavy atom. The highest BCUT2D eigenvalue weighted by molar-refractivity contribution is 5.29. The number of rotatable bonds is 5. The maximum atomic E-state index is 6.28. The van der Waals surface area contributed by atoms with Crippen molar-refractivity contribution in [1.82, 2.24) is 0 Å². The molecule has 0 radical (unpaired) electrons. The van der Waals surface area contributed by atoms with E-state index >= 15 is 0 Å². The molecule has 1 heterocycles. The zero-order valence-electron chi connectivity index (χ0n) is 11.3. The second-order valence-electron chi connectivity index (χ2n) is 5.04. The van der Waals surface area contributed by atoms with Gasteiger partial charge in [-0.05, 0) is 36.5 Å². The van der Waals surface area contributed by atoms with Crippen molar-refractivity contribution in [2.24, 2.45) is 11.7 Å². The Balaban J connectivity index is 2.00. The van der Waals surface area contributed by atoms with Crippen molar-refractivity contribution in [3.05, 3.63) is 29.8 Å². The van der Waals surface area contributed by atoms with Gasteiger partial charge in [0.25, 0.3) is 0 Å². The fraction of sp³-hybridized carbons (Fsp3) is 0.600. The van der Waals surface area contributed by atoms with Crippen LogP contribution < -0.4 is 10.5 Å². The summed E-state index contributed by atoms with van der Waals surface area (Å²) >= 11 is 0. The van der Waals surface area contributed by atoms with Crippen molar-refractivity contribution >= 4 is 0 Å². The molecule has 0 bridgehead atoms.